The fraction of sp³-hybridized carbons (Fsp3) is 0.692. The molecule has 0 aliphatic heterocycles. The molecule has 3 N–H and O–H groups in total. The van der Waals surface area contributed by atoms with Crippen molar-refractivity contribution in [1.29, 1.82) is 0 Å². The average Bonchev–Trinajstić information content (AvgIpc) is 2.36. The van der Waals surface area contributed by atoms with Crippen LogP contribution in [-0.4, -0.2) is 22.6 Å². The number of hydrogen-bond acceptors (Lipinski definition) is 5. The Kier molecular flexibility index (Phi) is 4.51. The minimum absolute atomic E-state index is 0.0501. The van der Waals surface area contributed by atoms with E-state index in [2.05, 4.69) is 62.0 Å². The Labute approximate surface area is 110 Å². The smallest absolute Gasteiger partial charge is 0.145 e. The summed E-state index contributed by atoms with van der Waals surface area (Å²) in [6.45, 7) is 10.7. The molecule has 1 aromatic heterocycles. The summed E-state index contributed by atoms with van der Waals surface area (Å²) < 4.78 is 0. The van der Waals surface area contributed by atoms with Gasteiger partial charge in [-0.2, -0.15) is 0 Å². The maximum atomic E-state index is 5.47. The van der Waals surface area contributed by atoms with Gasteiger partial charge in [-0.25, -0.2) is 15.8 Å². The van der Waals surface area contributed by atoms with Crippen LogP contribution in [0.15, 0.2) is 6.07 Å². The second-order valence-electron chi connectivity index (χ2n) is 5.49. The van der Waals surface area contributed by atoms with Crippen molar-refractivity contribution in [2.45, 2.75) is 52.5 Å². The van der Waals surface area contributed by atoms with Crippen LogP contribution in [0.2, 0.25) is 0 Å². The standard InChI is InChI=1S/C13H25N5/c1-7-13(4,5)18(6)11-8-10(17-14)15-12(16-11)9(2)3/h8-9H,7,14H2,1-6H3,(H,15,16,17). The molecular weight excluding hydrogens is 226 g/mol. The summed E-state index contributed by atoms with van der Waals surface area (Å²) in [7, 11) is 2.05. The lowest BCUT2D eigenvalue weighted by Gasteiger charge is -2.36. The first kappa shape index (κ1) is 14.7. The molecule has 102 valence electrons. The highest BCUT2D eigenvalue weighted by Gasteiger charge is 2.23. The zero-order valence-electron chi connectivity index (χ0n) is 12.3. The van der Waals surface area contributed by atoms with Gasteiger partial charge in [0.05, 0.1) is 0 Å². The molecular formula is C13H25N5. The fourth-order valence-electron chi connectivity index (χ4n) is 1.50. The van der Waals surface area contributed by atoms with Crippen LogP contribution >= 0.6 is 0 Å². The number of nitrogens with zero attached hydrogens (tertiary/aromatic N) is 3. The molecule has 0 radical (unpaired) electrons. The Morgan fingerprint density at radius 2 is 2.00 bits per heavy atom. The van der Waals surface area contributed by atoms with Gasteiger partial charge < -0.3 is 10.3 Å². The van der Waals surface area contributed by atoms with Crippen LogP contribution in [-0.2, 0) is 0 Å². The number of rotatable bonds is 5. The third-order valence-corrected chi connectivity index (χ3v) is 3.51. The van der Waals surface area contributed by atoms with Crippen molar-refractivity contribution >= 4 is 11.6 Å². The van der Waals surface area contributed by atoms with Crippen LogP contribution in [0.1, 0.15) is 52.8 Å². The van der Waals surface area contributed by atoms with Crippen LogP contribution in [0.25, 0.3) is 0 Å². The quantitative estimate of drug-likeness (QED) is 0.621. The molecule has 1 heterocycles. The molecule has 5 nitrogen and oxygen atoms in total. The third-order valence-electron chi connectivity index (χ3n) is 3.51. The molecule has 0 aliphatic carbocycles. The van der Waals surface area contributed by atoms with E-state index in [0.29, 0.717) is 5.82 Å². The largest absolute Gasteiger partial charge is 0.354 e. The highest BCUT2D eigenvalue weighted by atomic mass is 15.3. The Bertz CT molecular complexity index is 400. The van der Waals surface area contributed by atoms with Crippen molar-refractivity contribution in [2.24, 2.45) is 5.84 Å². The number of aromatic nitrogens is 2. The van der Waals surface area contributed by atoms with Gasteiger partial charge in [0.2, 0.25) is 0 Å². The summed E-state index contributed by atoms with van der Waals surface area (Å²) in [6, 6.07) is 1.88. The monoisotopic (exact) mass is 251 g/mol. The summed E-state index contributed by atoms with van der Waals surface area (Å²) in [5, 5.41) is 0. The number of nitrogen functional groups attached to an aromatic ring is 1. The topological polar surface area (TPSA) is 67.1 Å². The number of hydrazine groups is 1. The molecule has 5 heteroatoms. The van der Waals surface area contributed by atoms with E-state index >= 15 is 0 Å². The number of anilines is 2. The first-order valence-corrected chi connectivity index (χ1v) is 6.41. The lowest BCUT2D eigenvalue weighted by atomic mass is 10.00. The molecule has 18 heavy (non-hydrogen) atoms. The van der Waals surface area contributed by atoms with Gasteiger partial charge in [-0.15, -0.1) is 0 Å². The second-order valence-corrected chi connectivity index (χ2v) is 5.49. The van der Waals surface area contributed by atoms with Crippen LogP contribution in [0.5, 0.6) is 0 Å². The summed E-state index contributed by atoms with van der Waals surface area (Å²) >= 11 is 0. The van der Waals surface area contributed by atoms with E-state index in [-0.39, 0.29) is 11.5 Å². The SMILES string of the molecule is CCC(C)(C)N(C)c1cc(NN)nc(C(C)C)n1. The number of nitrogens with two attached hydrogens (primary N) is 1. The maximum Gasteiger partial charge on any atom is 0.145 e. The van der Waals surface area contributed by atoms with Crippen molar-refractivity contribution in [1.82, 2.24) is 9.97 Å². The van der Waals surface area contributed by atoms with Crippen molar-refractivity contribution in [3.8, 4) is 0 Å². The predicted octanol–water partition coefficient (Wildman–Crippen LogP) is 2.51. The van der Waals surface area contributed by atoms with Gasteiger partial charge in [0, 0.05) is 24.6 Å². The lowest BCUT2D eigenvalue weighted by molar-refractivity contribution is 0.466. The first-order valence-electron chi connectivity index (χ1n) is 6.41. The predicted molar refractivity (Wildman–Crippen MR) is 76.7 cm³/mol. The van der Waals surface area contributed by atoms with Crippen molar-refractivity contribution in [3.63, 3.8) is 0 Å². The fourth-order valence-corrected chi connectivity index (χ4v) is 1.50. The minimum Gasteiger partial charge on any atom is -0.354 e. The highest BCUT2D eigenvalue weighted by molar-refractivity contribution is 5.50. The molecule has 1 aromatic rings. The third kappa shape index (κ3) is 3.10. The van der Waals surface area contributed by atoms with Crippen LogP contribution in [0.4, 0.5) is 11.6 Å². The maximum absolute atomic E-state index is 5.47. The molecule has 0 amide bonds. The van der Waals surface area contributed by atoms with Gasteiger partial charge in [0.15, 0.2) is 0 Å². The Morgan fingerprint density at radius 3 is 2.44 bits per heavy atom. The van der Waals surface area contributed by atoms with Gasteiger partial charge in [0.1, 0.15) is 17.5 Å². The van der Waals surface area contributed by atoms with Crippen LogP contribution < -0.4 is 16.2 Å². The van der Waals surface area contributed by atoms with Crippen LogP contribution in [0.3, 0.4) is 0 Å². The Hall–Kier alpha value is -1.36. The zero-order valence-corrected chi connectivity index (χ0v) is 12.3. The van der Waals surface area contributed by atoms with E-state index < -0.39 is 0 Å². The van der Waals surface area contributed by atoms with E-state index in [1.54, 1.807) is 0 Å². The summed E-state index contributed by atoms with van der Waals surface area (Å²) in [5.41, 5.74) is 2.66. The number of nitrogens with one attached hydrogen (secondary N) is 1. The Balaban J connectivity index is 3.19. The van der Waals surface area contributed by atoms with E-state index in [1.165, 1.54) is 0 Å². The van der Waals surface area contributed by atoms with Crippen molar-refractivity contribution < 1.29 is 0 Å². The van der Waals surface area contributed by atoms with Crippen LogP contribution in [0, 0.1) is 0 Å². The molecule has 0 bridgehead atoms. The van der Waals surface area contributed by atoms with Gasteiger partial charge in [-0.05, 0) is 20.3 Å². The molecule has 0 aromatic carbocycles. The van der Waals surface area contributed by atoms with Gasteiger partial charge in [-0.3, -0.25) is 0 Å². The Morgan fingerprint density at radius 1 is 1.39 bits per heavy atom. The summed E-state index contributed by atoms with van der Waals surface area (Å²) in [5.74, 6) is 8.10. The molecule has 0 saturated heterocycles. The zero-order chi connectivity index (χ0) is 13.9. The molecule has 0 saturated carbocycles. The molecule has 0 fully saturated rings. The van der Waals surface area contributed by atoms with E-state index in [9.17, 15) is 0 Å². The van der Waals surface area contributed by atoms with E-state index in [0.717, 1.165) is 18.1 Å². The minimum atomic E-state index is 0.0501. The molecule has 0 atom stereocenters. The first-order chi connectivity index (χ1) is 8.31. The highest BCUT2D eigenvalue weighted by Crippen LogP contribution is 2.26. The van der Waals surface area contributed by atoms with Gasteiger partial charge in [-0.1, -0.05) is 20.8 Å². The average molecular weight is 251 g/mol. The van der Waals surface area contributed by atoms with E-state index in [4.69, 9.17) is 5.84 Å². The molecule has 0 aliphatic rings. The lowest BCUT2D eigenvalue weighted by Crippen LogP contribution is -2.41. The number of hydrogen-bond donors (Lipinski definition) is 2. The molecule has 0 spiro atoms. The molecule has 1 rings (SSSR count). The summed E-state index contributed by atoms with van der Waals surface area (Å²) in [4.78, 5) is 11.2. The molecule has 0 unspecified atom stereocenters. The van der Waals surface area contributed by atoms with Gasteiger partial charge >= 0.3 is 0 Å². The van der Waals surface area contributed by atoms with Crippen molar-refractivity contribution in [3.05, 3.63) is 11.9 Å². The van der Waals surface area contributed by atoms with Gasteiger partial charge in [0.25, 0.3) is 0 Å². The normalized spacial score (nSPS) is 11.8. The summed E-state index contributed by atoms with van der Waals surface area (Å²) in [6.07, 6.45) is 1.04. The van der Waals surface area contributed by atoms with E-state index in [1.807, 2.05) is 6.07 Å². The van der Waals surface area contributed by atoms with Crippen molar-refractivity contribution in [2.75, 3.05) is 17.4 Å². The second kappa shape index (κ2) is 5.52.